The van der Waals surface area contributed by atoms with Crippen LogP contribution in [0, 0.1) is 13.8 Å². The fourth-order valence-electron chi connectivity index (χ4n) is 3.31. The average molecular weight is 406 g/mol. The zero-order valence-electron chi connectivity index (χ0n) is 14.2. The predicted molar refractivity (Wildman–Crippen MR) is 88.2 cm³/mol. The molecule has 0 aromatic heterocycles. The summed E-state index contributed by atoms with van der Waals surface area (Å²) in [5, 5.41) is 9.93. The molecule has 0 amide bonds. The highest BCUT2D eigenvalue weighted by Gasteiger charge is 2.54. The van der Waals surface area contributed by atoms with E-state index in [9.17, 15) is 35.5 Å². The van der Waals surface area contributed by atoms with Gasteiger partial charge in [-0.25, -0.2) is 17.2 Å². The summed E-state index contributed by atoms with van der Waals surface area (Å²) >= 11 is 0. The topological polar surface area (TPSA) is 54.4 Å². The van der Waals surface area contributed by atoms with Crippen LogP contribution >= 0.6 is 0 Å². The van der Waals surface area contributed by atoms with Crippen LogP contribution in [0.3, 0.4) is 0 Å². The molecule has 0 saturated heterocycles. The summed E-state index contributed by atoms with van der Waals surface area (Å²) in [6, 6.07) is 6.91. The Morgan fingerprint density at radius 3 is 2.30 bits per heavy atom. The quantitative estimate of drug-likeness (QED) is 0.748. The first-order valence-corrected chi connectivity index (χ1v) is 9.36. The molecule has 3 rings (SSSR count). The normalized spacial score (nSPS) is 19.2. The van der Waals surface area contributed by atoms with Crippen molar-refractivity contribution < 1.29 is 35.5 Å². The molecule has 0 heterocycles. The van der Waals surface area contributed by atoms with Crippen LogP contribution in [0.2, 0.25) is 0 Å². The summed E-state index contributed by atoms with van der Waals surface area (Å²) in [5.41, 5.74) is -4.68. The van der Waals surface area contributed by atoms with Gasteiger partial charge >= 0.3 is 5.51 Å². The van der Waals surface area contributed by atoms with Gasteiger partial charge in [-0.1, -0.05) is 29.8 Å². The van der Waals surface area contributed by atoms with Crippen molar-refractivity contribution >= 4 is 9.84 Å². The number of rotatable bonds is 2. The summed E-state index contributed by atoms with van der Waals surface area (Å²) in [6.45, 7) is 3.46. The fraction of sp³-hybridized carbons (Fsp3) is 0.333. The van der Waals surface area contributed by atoms with Crippen molar-refractivity contribution in [3.05, 3.63) is 52.6 Å². The number of aryl methyl sites for hydroxylation is 2. The Morgan fingerprint density at radius 1 is 1.07 bits per heavy atom. The molecule has 1 N–H and O–H groups in total. The SMILES string of the molecule is Cc1ccc(C)c(-c2ccc(S(=O)(=O)C(F)(F)F)c3c2CC(F)(F)[C@H]3O)c1. The van der Waals surface area contributed by atoms with E-state index in [1.165, 1.54) is 0 Å². The maximum Gasteiger partial charge on any atom is 0.501 e. The number of aliphatic hydroxyl groups excluding tert-OH is 1. The van der Waals surface area contributed by atoms with Gasteiger partial charge in [-0.3, -0.25) is 0 Å². The number of benzene rings is 2. The van der Waals surface area contributed by atoms with E-state index >= 15 is 0 Å². The summed E-state index contributed by atoms with van der Waals surface area (Å²) in [4.78, 5) is -1.33. The van der Waals surface area contributed by atoms with Crippen LogP contribution in [0.25, 0.3) is 11.1 Å². The Bertz CT molecular complexity index is 1030. The van der Waals surface area contributed by atoms with Crippen molar-refractivity contribution in [2.45, 2.75) is 42.7 Å². The van der Waals surface area contributed by atoms with Crippen molar-refractivity contribution in [3.63, 3.8) is 0 Å². The van der Waals surface area contributed by atoms with Crippen molar-refractivity contribution in [1.82, 2.24) is 0 Å². The summed E-state index contributed by atoms with van der Waals surface area (Å²) < 4.78 is 91.0. The molecule has 1 atom stereocenters. The monoisotopic (exact) mass is 406 g/mol. The number of alkyl halides is 5. The maximum absolute atomic E-state index is 14.1. The first-order valence-electron chi connectivity index (χ1n) is 7.88. The molecule has 146 valence electrons. The third-order valence-corrected chi connectivity index (χ3v) is 6.22. The lowest BCUT2D eigenvalue weighted by Gasteiger charge is -2.18. The number of fused-ring (bicyclic) bond motifs is 1. The smallest absolute Gasteiger partial charge is 0.382 e. The largest absolute Gasteiger partial charge is 0.501 e. The summed E-state index contributed by atoms with van der Waals surface area (Å²) in [7, 11) is -5.90. The predicted octanol–water partition coefficient (Wildman–Crippen LogP) is 4.49. The van der Waals surface area contributed by atoms with Crippen LogP contribution < -0.4 is 0 Å². The highest BCUT2D eigenvalue weighted by atomic mass is 32.2. The lowest BCUT2D eigenvalue weighted by atomic mass is 9.92. The standard InChI is InChI=1S/C18H15F5O3S/c1-9-3-4-10(2)12(7-9)11-5-6-14(27(25,26)18(21,22)23)15-13(11)8-17(19,20)16(15)24/h3-7,16,24H,8H2,1-2H3/t16-/m0/s1. The van der Waals surface area contributed by atoms with Crippen LogP contribution in [0.15, 0.2) is 35.2 Å². The van der Waals surface area contributed by atoms with Gasteiger partial charge in [0.05, 0.1) is 4.90 Å². The van der Waals surface area contributed by atoms with E-state index in [1.807, 2.05) is 0 Å². The van der Waals surface area contributed by atoms with Gasteiger partial charge in [0.1, 0.15) is 6.10 Å². The highest BCUT2D eigenvalue weighted by molar-refractivity contribution is 7.92. The highest BCUT2D eigenvalue weighted by Crippen LogP contribution is 2.50. The Labute approximate surface area is 152 Å². The van der Waals surface area contributed by atoms with E-state index in [2.05, 4.69) is 0 Å². The van der Waals surface area contributed by atoms with Gasteiger partial charge in [-0.15, -0.1) is 0 Å². The van der Waals surface area contributed by atoms with Gasteiger partial charge in [-0.05, 0) is 42.2 Å². The third kappa shape index (κ3) is 3.02. The molecule has 0 aliphatic heterocycles. The third-order valence-electron chi connectivity index (χ3n) is 4.68. The van der Waals surface area contributed by atoms with Crippen LogP contribution in [0.1, 0.15) is 28.4 Å². The molecule has 0 fully saturated rings. The van der Waals surface area contributed by atoms with Gasteiger partial charge < -0.3 is 5.11 Å². The molecule has 0 radical (unpaired) electrons. The van der Waals surface area contributed by atoms with Gasteiger partial charge in [0.25, 0.3) is 15.8 Å². The number of aliphatic hydroxyl groups is 1. The van der Waals surface area contributed by atoms with E-state index in [0.717, 1.165) is 11.6 Å². The molecule has 27 heavy (non-hydrogen) atoms. The molecule has 0 bridgehead atoms. The molecular weight excluding hydrogens is 391 g/mol. The number of hydrogen-bond donors (Lipinski definition) is 1. The first kappa shape index (κ1) is 19.8. The lowest BCUT2D eigenvalue weighted by Crippen LogP contribution is -2.26. The fourth-order valence-corrected chi connectivity index (χ4v) is 4.34. The molecular formula is C18H15F5O3S. The van der Waals surface area contributed by atoms with Crippen LogP contribution in [0.5, 0.6) is 0 Å². The Kier molecular flexibility index (Phi) is 4.39. The van der Waals surface area contributed by atoms with E-state index in [-0.39, 0.29) is 11.1 Å². The number of hydrogen-bond acceptors (Lipinski definition) is 3. The lowest BCUT2D eigenvalue weighted by molar-refractivity contribution is -0.0977. The Hall–Kier alpha value is -2.00. The second kappa shape index (κ2) is 6.00. The molecule has 0 spiro atoms. The molecule has 0 unspecified atom stereocenters. The number of sulfone groups is 1. The molecule has 2 aromatic rings. The van der Waals surface area contributed by atoms with Crippen LogP contribution in [0.4, 0.5) is 22.0 Å². The van der Waals surface area contributed by atoms with E-state index in [0.29, 0.717) is 17.2 Å². The molecule has 1 aliphatic rings. The van der Waals surface area contributed by atoms with Gasteiger partial charge in [0.15, 0.2) is 0 Å². The summed E-state index contributed by atoms with van der Waals surface area (Å²) in [5.74, 6) is -3.77. The van der Waals surface area contributed by atoms with Crippen LogP contribution in [-0.4, -0.2) is 25.0 Å². The van der Waals surface area contributed by atoms with Gasteiger partial charge in [-0.2, -0.15) is 13.2 Å². The number of halogens is 5. The van der Waals surface area contributed by atoms with E-state index < -0.39 is 44.3 Å². The Balaban J connectivity index is 2.36. The van der Waals surface area contributed by atoms with Crippen molar-refractivity contribution in [3.8, 4) is 11.1 Å². The second-order valence-corrected chi connectivity index (χ2v) is 8.52. The van der Waals surface area contributed by atoms with Gasteiger partial charge in [0.2, 0.25) is 0 Å². The van der Waals surface area contributed by atoms with E-state index in [4.69, 9.17) is 0 Å². The molecule has 1 aliphatic carbocycles. The maximum atomic E-state index is 14.1. The van der Waals surface area contributed by atoms with Crippen molar-refractivity contribution in [1.29, 1.82) is 0 Å². The summed E-state index contributed by atoms with van der Waals surface area (Å²) in [6.07, 6.45) is -3.68. The second-order valence-electron chi connectivity index (χ2n) is 6.61. The zero-order chi connectivity index (χ0) is 20.4. The molecule has 0 saturated carbocycles. The minimum Gasteiger partial charge on any atom is -0.382 e. The minimum absolute atomic E-state index is 0.184. The average Bonchev–Trinajstić information content (AvgIpc) is 2.78. The molecule has 9 heteroatoms. The zero-order valence-corrected chi connectivity index (χ0v) is 15.0. The van der Waals surface area contributed by atoms with Gasteiger partial charge in [0, 0.05) is 12.0 Å². The van der Waals surface area contributed by atoms with Crippen molar-refractivity contribution in [2.24, 2.45) is 0 Å². The molecule has 3 nitrogen and oxygen atoms in total. The minimum atomic E-state index is -5.90. The van der Waals surface area contributed by atoms with Crippen molar-refractivity contribution in [2.75, 3.05) is 0 Å². The van der Waals surface area contributed by atoms with Crippen LogP contribution in [-0.2, 0) is 16.3 Å². The Morgan fingerprint density at radius 2 is 1.70 bits per heavy atom. The molecule has 2 aromatic carbocycles. The first-order chi connectivity index (χ1) is 12.3. The van der Waals surface area contributed by atoms with E-state index in [1.54, 1.807) is 32.0 Å².